The second-order valence-electron chi connectivity index (χ2n) is 15.6. The van der Waals surface area contributed by atoms with Gasteiger partial charge in [-0.25, -0.2) is 15.0 Å². The first kappa shape index (κ1) is 36.8. The van der Waals surface area contributed by atoms with Gasteiger partial charge in [0.25, 0.3) is 0 Å². The first-order valence-electron chi connectivity index (χ1n) is 20.9. The van der Waals surface area contributed by atoms with E-state index in [0.29, 0.717) is 17.5 Å². The van der Waals surface area contributed by atoms with Crippen molar-refractivity contribution in [2.24, 2.45) is 0 Å². The monoisotopic (exact) mass is 793 g/mol. The minimum atomic E-state index is -0.562. The lowest BCUT2D eigenvalue weighted by Gasteiger charge is -2.41. The molecular weight excluding hydrogens is 755 g/mol. The van der Waals surface area contributed by atoms with E-state index in [4.69, 9.17) is 19.7 Å². The van der Waals surface area contributed by atoms with E-state index in [1.165, 1.54) is 11.1 Å². The van der Waals surface area contributed by atoms with Gasteiger partial charge in [-0.3, -0.25) is 0 Å². The number of fused-ring (bicyclic) bond motifs is 2. The minimum absolute atomic E-state index is 0.562. The summed E-state index contributed by atoms with van der Waals surface area (Å²) in [6.45, 7) is 0. The zero-order valence-corrected chi connectivity index (χ0v) is 33.8. The zero-order chi connectivity index (χ0) is 41.3. The highest BCUT2D eigenvalue weighted by Crippen LogP contribution is 2.55. The van der Waals surface area contributed by atoms with E-state index >= 15 is 0 Å². The predicted octanol–water partition coefficient (Wildman–Crippen LogP) is 14.4. The lowest BCUT2D eigenvalue weighted by atomic mass is 9.63. The Morgan fingerprint density at radius 3 is 1.18 bits per heavy atom. The fraction of sp³-hybridized carbons (Fsp3) is 0.0172. The van der Waals surface area contributed by atoms with Gasteiger partial charge in [-0.05, 0) is 74.8 Å². The molecule has 1 aliphatic rings. The van der Waals surface area contributed by atoms with Crippen LogP contribution in [0.2, 0.25) is 0 Å². The van der Waals surface area contributed by atoms with Crippen LogP contribution in [0.15, 0.2) is 237 Å². The molecule has 0 N–H and O–H groups in total. The summed E-state index contributed by atoms with van der Waals surface area (Å²) in [5.41, 5.74) is 13.4. The van der Waals surface area contributed by atoms with Crippen molar-refractivity contribution >= 4 is 0 Å². The third-order valence-corrected chi connectivity index (χ3v) is 11.9. The van der Waals surface area contributed by atoms with Crippen LogP contribution >= 0.6 is 0 Å². The number of hydrogen-bond acceptors (Lipinski definition) is 4. The zero-order valence-electron chi connectivity index (χ0n) is 33.8. The average Bonchev–Trinajstić information content (AvgIpc) is 3.36. The molecular formula is C58H39N3O. The summed E-state index contributed by atoms with van der Waals surface area (Å²) in [6.07, 6.45) is 0. The summed E-state index contributed by atoms with van der Waals surface area (Å²) in [5.74, 6) is 3.57. The van der Waals surface area contributed by atoms with Crippen molar-refractivity contribution in [2.45, 2.75) is 5.41 Å². The van der Waals surface area contributed by atoms with Crippen molar-refractivity contribution in [3.63, 3.8) is 0 Å². The predicted molar refractivity (Wildman–Crippen MR) is 251 cm³/mol. The van der Waals surface area contributed by atoms with Crippen LogP contribution in [0.4, 0.5) is 0 Å². The molecule has 62 heavy (non-hydrogen) atoms. The largest absolute Gasteiger partial charge is 0.457 e. The highest BCUT2D eigenvalue weighted by atomic mass is 16.5. The molecule has 0 amide bonds. The first-order chi connectivity index (χ1) is 30.7. The molecule has 0 fully saturated rings. The number of rotatable bonds is 8. The molecule has 0 aliphatic carbocycles. The quantitative estimate of drug-likeness (QED) is 0.154. The fourth-order valence-corrected chi connectivity index (χ4v) is 8.93. The molecule has 0 radical (unpaired) electrons. The third-order valence-electron chi connectivity index (χ3n) is 11.9. The molecule has 0 spiro atoms. The molecule has 0 atom stereocenters. The number of ether oxygens (including phenoxy) is 1. The molecule has 0 saturated carbocycles. The van der Waals surface area contributed by atoms with Gasteiger partial charge in [0.05, 0.1) is 5.41 Å². The normalized spacial score (nSPS) is 12.5. The van der Waals surface area contributed by atoms with Gasteiger partial charge in [0.15, 0.2) is 17.5 Å². The Balaban J connectivity index is 0.985. The van der Waals surface area contributed by atoms with Crippen molar-refractivity contribution < 1.29 is 4.74 Å². The van der Waals surface area contributed by atoms with Gasteiger partial charge in [0, 0.05) is 27.8 Å². The van der Waals surface area contributed by atoms with Gasteiger partial charge in [-0.15, -0.1) is 0 Å². The molecule has 11 rings (SSSR count). The molecule has 0 unspecified atom stereocenters. The SMILES string of the molecule is c1ccc(-c2cccc(-c3nc(-c4ccccc4)nc(-c4cccc(-c5cccc(-c6ccc7c(c6)Oc6ccccc6C7(c6ccccc6)c6ccccc6)c5)c4)n3)c2)cc1. The molecule has 9 aromatic carbocycles. The number of benzene rings is 9. The van der Waals surface area contributed by atoms with E-state index in [9.17, 15) is 0 Å². The van der Waals surface area contributed by atoms with E-state index in [-0.39, 0.29) is 0 Å². The summed E-state index contributed by atoms with van der Waals surface area (Å²) in [7, 11) is 0. The number of aromatic nitrogens is 3. The fourth-order valence-electron chi connectivity index (χ4n) is 8.93. The maximum atomic E-state index is 6.81. The van der Waals surface area contributed by atoms with Crippen molar-refractivity contribution in [3.8, 4) is 79.0 Å². The van der Waals surface area contributed by atoms with Crippen molar-refractivity contribution in [3.05, 3.63) is 259 Å². The van der Waals surface area contributed by atoms with Crippen LogP contribution in [0.25, 0.3) is 67.5 Å². The minimum Gasteiger partial charge on any atom is -0.457 e. The Morgan fingerprint density at radius 2 is 0.629 bits per heavy atom. The standard InChI is InChI=1S/C58H39N3O/c1-5-18-40(19-6-1)42-22-16-26-47(37-42)56-59-55(41-20-7-2-8-21-41)60-57(61-56)48-27-17-25-45(38-48)43-23-15-24-44(36-43)46-34-35-52-54(39-46)62-53-33-14-13-32-51(53)58(52,49-28-9-3-10-29-49)50-30-11-4-12-31-50/h1-39H. The second kappa shape index (κ2) is 15.8. The lowest BCUT2D eigenvalue weighted by Crippen LogP contribution is -2.34. The Bertz CT molecular complexity index is 3160. The van der Waals surface area contributed by atoms with E-state index in [1.807, 2.05) is 36.4 Å². The highest BCUT2D eigenvalue weighted by Gasteiger charge is 2.45. The first-order valence-corrected chi connectivity index (χ1v) is 20.9. The summed E-state index contributed by atoms with van der Waals surface area (Å²) in [6, 6.07) is 82.8. The molecule has 0 bridgehead atoms. The Morgan fingerprint density at radius 1 is 0.258 bits per heavy atom. The number of para-hydroxylation sites is 1. The van der Waals surface area contributed by atoms with Crippen molar-refractivity contribution in [1.82, 2.24) is 15.0 Å². The smallest absolute Gasteiger partial charge is 0.164 e. The Hall–Kier alpha value is -8.21. The topological polar surface area (TPSA) is 47.9 Å². The van der Waals surface area contributed by atoms with Crippen LogP contribution in [0.5, 0.6) is 11.5 Å². The molecule has 1 aliphatic heterocycles. The van der Waals surface area contributed by atoms with Gasteiger partial charge in [-0.2, -0.15) is 0 Å². The van der Waals surface area contributed by atoms with Gasteiger partial charge >= 0.3 is 0 Å². The van der Waals surface area contributed by atoms with Crippen LogP contribution in [0.3, 0.4) is 0 Å². The Kier molecular flexibility index (Phi) is 9.36. The van der Waals surface area contributed by atoms with Gasteiger partial charge in [0.1, 0.15) is 11.5 Å². The highest BCUT2D eigenvalue weighted by molar-refractivity contribution is 5.79. The lowest BCUT2D eigenvalue weighted by molar-refractivity contribution is 0.435. The van der Waals surface area contributed by atoms with E-state index in [1.54, 1.807) is 0 Å². The van der Waals surface area contributed by atoms with Gasteiger partial charge < -0.3 is 4.74 Å². The van der Waals surface area contributed by atoms with E-state index in [2.05, 4.69) is 200 Å². The number of hydrogen-bond donors (Lipinski definition) is 0. The second-order valence-corrected chi connectivity index (χ2v) is 15.6. The molecule has 0 saturated heterocycles. The van der Waals surface area contributed by atoms with Crippen LogP contribution in [-0.4, -0.2) is 15.0 Å². The summed E-state index contributed by atoms with van der Waals surface area (Å²) >= 11 is 0. The average molecular weight is 794 g/mol. The van der Waals surface area contributed by atoms with Crippen molar-refractivity contribution in [2.75, 3.05) is 0 Å². The molecule has 4 nitrogen and oxygen atoms in total. The molecule has 4 heteroatoms. The summed E-state index contributed by atoms with van der Waals surface area (Å²) in [5, 5.41) is 0. The van der Waals surface area contributed by atoms with Gasteiger partial charge in [-0.1, -0.05) is 206 Å². The van der Waals surface area contributed by atoms with Gasteiger partial charge in [0.2, 0.25) is 0 Å². The van der Waals surface area contributed by atoms with Crippen molar-refractivity contribution in [1.29, 1.82) is 0 Å². The Labute approximate surface area is 361 Å². The number of nitrogens with zero attached hydrogens (tertiary/aromatic N) is 3. The summed E-state index contributed by atoms with van der Waals surface area (Å²) < 4.78 is 6.81. The molecule has 292 valence electrons. The molecule has 10 aromatic rings. The van der Waals surface area contributed by atoms with Crippen LogP contribution in [-0.2, 0) is 5.41 Å². The molecule has 1 aromatic heterocycles. The molecule has 2 heterocycles. The maximum absolute atomic E-state index is 6.81. The van der Waals surface area contributed by atoms with E-state index in [0.717, 1.165) is 72.7 Å². The van der Waals surface area contributed by atoms with E-state index < -0.39 is 5.41 Å². The summed E-state index contributed by atoms with van der Waals surface area (Å²) in [4.78, 5) is 15.2. The maximum Gasteiger partial charge on any atom is 0.164 e. The van der Waals surface area contributed by atoms with Crippen LogP contribution in [0, 0.1) is 0 Å². The third kappa shape index (κ3) is 6.65. The van der Waals surface area contributed by atoms with Crippen LogP contribution in [0.1, 0.15) is 22.3 Å². The van der Waals surface area contributed by atoms with Crippen LogP contribution < -0.4 is 4.74 Å².